The van der Waals surface area contributed by atoms with Crippen LogP contribution in [0.25, 0.3) is 0 Å². The lowest BCUT2D eigenvalue weighted by atomic mass is 9.96. The van der Waals surface area contributed by atoms with Crippen LogP contribution in [0.1, 0.15) is 51.1 Å². The van der Waals surface area contributed by atoms with Gasteiger partial charge in [0.1, 0.15) is 11.0 Å². The van der Waals surface area contributed by atoms with E-state index in [9.17, 15) is 4.79 Å². The fourth-order valence-corrected chi connectivity index (χ4v) is 2.52. The van der Waals surface area contributed by atoms with E-state index in [4.69, 9.17) is 18.0 Å². The molecule has 1 rings (SSSR count). The molecule has 110 valence electrons. The van der Waals surface area contributed by atoms with Gasteiger partial charge in [-0.1, -0.05) is 69.2 Å². The lowest BCUT2D eigenvalue weighted by molar-refractivity contribution is -0.125. The van der Waals surface area contributed by atoms with Gasteiger partial charge in [-0.25, -0.2) is 0 Å². The summed E-state index contributed by atoms with van der Waals surface area (Å²) in [4.78, 5) is 12.7. The normalized spacial score (nSPS) is 12.2. The van der Waals surface area contributed by atoms with Gasteiger partial charge in [0.15, 0.2) is 0 Å². The fraction of sp³-hybridized carbons (Fsp3) is 0.500. The Morgan fingerprint density at radius 2 is 1.75 bits per heavy atom. The average Bonchev–Trinajstić information content (AvgIpc) is 2.45. The molecule has 3 nitrogen and oxygen atoms in total. The number of hydrogen-bond acceptors (Lipinski definition) is 2. The minimum absolute atomic E-state index is 0.0468. The molecule has 20 heavy (non-hydrogen) atoms. The summed E-state index contributed by atoms with van der Waals surface area (Å²) in [5, 5.41) is 3.00. The molecule has 0 aliphatic heterocycles. The molecule has 0 heterocycles. The minimum Gasteiger partial charge on any atom is -0.391 e. The standard InChI is InChI=1S/C16H24N2OS/c1-3-8-13(9-4-2)16(19)18-14(15(17)20)12-10-6-5-7-11-12/h5-7,10-11,13-14H,3-4,8-9H2,1-2H3,(H2,17,20)(H,18,19). The van der Waals surface area contributed by atoms with Gasteiger partial charge in [-0.3, -0.25) is 4.79 Å². The zero-order valence-electron chi connectivity index (χ0n) is 12.3. The van der Waals surface area contributed by atoms with Crippen LogP contribution in [0.2, 0.25) is 0 Å². The zero-order chi connectivity index (χ0) is 15.0. The number of amides is 1. The molecule has 3 N–H and O–H groups in total. The van der Waals surface area contributed by atoms with E-state index in [0.717, 1.165) is 31.2 Å². The van der Waals surface area contributed by atoms with E-state index < -0.39 is 0 Å². The molecule has 0 aromatic heterocycles. The topological polar surface area (TPSA) is 55.1 Å². The van der Waals surface area contributed by atoms with E-state index in [1.165, 1.54) is 0 Å². The number of nitrogens with two attached hydrogens (primary N) is 1. The molecule has 0 radical (unpaired) electrons. The van der Waals surface area contributed by atoms with Crippen LogP contribution in [0, 0.1) is 5.92 Å². The molecule has 1 atom stereocenters. The van der Waals surface area contributed by atoms with Crippen molar-refractivity contribution >= 4 is 23.1 Å². The molecular formula is C16H24N2OS. The summed E-state index contributed by atoms with van der Waals surface area (Å²) in [6.45, 7) is 4.19. The van der Waals surface area contributed by atoms with Crippen molar-refractivity contribution in [2.24, 2.45) is 11.7 Å². The predicted molar refractivity (Wildman–Crippen MR) is 87.4 cm³/mol. The highest BCUT2D eigenvalue weighted by Gasteiger charge is 2.22. The number of benzene rings is 1. The Morgan fingerprint density at radius 1 is 1.20 bits per heavy atom. The average molecular weight is 292 g/mol. The molecule has 1 aromatic rings. The van der Waals surface area contributed by atoms with Gasteiger partial charge in [-0.2, -0.15) is 0 Å². The first-order valence-electron chi connectivity index (χ1n) is 7.24. The molecule has 1 aromatic carbocycles. The molecule has 0 aliphatic carbocycles. The fourth-order valence-electron chi connectivity index (χ4n) is 2.33. The van der Waals surface area contributed by atoms with E-state index >= 15 is 0 Å². The molecular weight excluding hydrogens is 268 g/mol. The number of carbonyl (C=O) groups excluding carboxylic acids is 1. The summed E-state index contributed by atoms with van der Waals surface area (Å²) >= 11 is 5.10. The highest BCUT2D eigenvalue weighted by Crippen LogP contribution is 2.18. The largest absolute Gasteiger partial charge is 0.391 e. The van der Waals surface area contributed by atoms with Gasteiger partial charge < -0.3 is 11.1 Å². The Balaban J connectivity index is 2.80. The highest BCUT2D eigenvalue weighted by atomic mass is 32.1. The van der Waals surface area contributed by atoms with Crippen molar-refractivity contribution in [3.63, 3.8) is 0 Å². The van der Waals surface area contributed by atoms with E-state index in [1.54, 1.807) is 0 Å². The second-order valence-electron chi connectivity index (χ2n) is 5.03. The zero-order valence-corrected chi connectivity index (χ0v) is 13.1. The Morgan fingerprint density at radius 3 is 2.20 bits per heavy atom. The van der Waals surface area contributed by atoms with Crippen molar-refractivity contribution in [1.82, 2.24) is 5.32 Å². The summed E-state index contributed by atoms with van der Waals surface area (Å²) in [7, 11) is 0. The number of carbonyl (C=O) groups is 1. The lowest BCUT2D eigenvalue weighted by Crippen LogP contribution is -2.39. The Hall–Kier alpha value is -1.42. The molecule has 1 amide bonds. The molecule has 4 heteroatoms. The number of nitrogens with one attached hydrogen (secondary N) is 1. The summed E-state index contributed by atoms with van der Waals surface area (Å²) in [6.07, 6.45) is 3.80. The van der Waals surface area contributed by atoms with Crippen LogP contribution in [-0.2, 0) is 4.79 Å². The molecule has 0 fully saturated rings. The Labute approximate surface area is 126 Å². The van der Waals surface area contributed by atoms with E-state index in [1.807, 2.05) is 30.3 Å². The molecule has 0 saturated heterocycles. The maximum atomic E-state index is 12.4. The van der Waals surface area contributed by atoms with Crippen molar-refractivity contribution in [3.8, 4) is 0 Å². The molecule has 0 saturated carbocycles. The maximum absolute atomic E-state index is 12.4. The van der Waals surface area contributed by atoms with Crippen molar-refractivity contribution in [3.05, 3.63) is 35.9 Å². The smallest absolute Gasteiger partial charge is 0.223 e. The summed E-state index contributed by atoms with van der Waals surface area (Å²) in [5.41, 5.74) is 6.71. The van der Waals surface area contributed by atoms with Crippen LogP contribution in [0.5, 0.6) is 0 Å². The van der Waals surface area contributed by atoms with Crippen LogP contribution < -0.4 is 11.1 Å². The third kappa shape index (κ3) is 4.93. The van der Waals surface area contributed by atoms with Gasteiger partial charge in [0.2, 0.25) is 5.91 Å². The predicted octanol–water partition coefficient (Wildman–Crippen LogP) is 3.35. The lowest BCUT2D eigenvalue weighted by Gasteiger charge is -2.22. The van der Waals surface area contributed by atoms with Gasteiger partial charge in [0, 0.05) is 5.92 Å². The van der Waals surface area contributed by atoms with E-state index in [2.05, 4.69) is 19.2 Å². The second kappa shape index (κ2) is 8.69. The highest BCUT2D eigenvalue weighted by molar-refractivity contribution is 7.80. The van der Waals surface area contributed by atoms with Crippen LogP contribution in [0.4, 0.5) is 0 Å². The third-order valence-corrected chi connectivity index (χ3v) is 3.58. The Bertz CT molecular complexity index is 427. The van der Waals surface area contributed by atoms with E-state index in [0.29, 0.717) is 4.99 Å². The Kier molecular flexibility index (Phi) is 7.23. The minimum atomic E-state index is -0.380. The summed E-state index contributed by atoms with van der Waals surface area (Å²) < 4.78 is 0. The SMILES string of the molecule is CCCC(CCC)C(=O)NC(C(N)=S)c1ccccc1. The van der Waals surface area contributed by atoms with Crippen molar-refractivity contribution in [2.45, 2.75) is 45.6 Å². The second-order valence-corrected chi connectivity index (χ2v) is 5.50. The van der Waals surface area contributed by atoms with Crippen molar-refractivity contribution in [1.29, 1.82) is 0 Å². The molecule has 0 bridgehead atoms. The molecule has 0 aliphatic rings. The third-order valence-electron chi connectivity index (χ3n) is 3.35. The first-order valence-corrected chi connectivity index (χ1v) is 7.65. The van der Waals surface area contributed by atoms with Gasteiger partial charge in [-0.15, -0.1) is 0 Å². The van der Waals surface area contributed by atoms with Crippen molar-refractivity contribution in [2.75, 3.05) is 0 Å². The first kappa shape index (κ1) is 16.6. The van der Waals surface area contributed by atoms with Crippen LogP contribution >= 0.6 is 12.2 Å². The van der Waals surface area contributed by atoms with Crippen LogP contribution in [0.15, 0.2) is 30.3 Å². The number of hydrogen-bond donors (Lipinski definition) is 2. The van der Waals surface area contributed by atoms with E-state index in [-0.39, 0.29) is 17.9 Å². The monoisotopic (exact) mass is 292 g/mol. The van der Waals surface area contributed by atoms with Gasteiger partial charge in [-0.05, 0) is 18.4 Å². The first-order chi connectivity index (χ1) is 9.60. The summed E-state index contributed by atoms with van der Waals surface area (Å²) in [6, 6.07) is 9.25. The molecule has 1 unspecified atom stereocenters. The van der Waals surface area contributed by atoms with Gasteiger partial charge in [0.25, 0.3) is 0 Å². The van der Waals surface area contributed by atoms with Crippen LogP contribution in [0.3, 0.4) is 0 Å². The van der Waals surface area contributed by atoms with Crippen molar-refractivity contribution < 1.29 is 4.79 Å². The summed E-state index contributed by atoms with van der Waals surface area (Å²) in [5.74, 6) is 0.0981. The number of thiocarbonyl (C=S) groups is 1. The van der Waals surface area contributed by atoms with Gasteiger partial charge in [0.05, 0.1) is 0 Å². The number of rotatable bonds is 8. The quantitative estimate of drug-likeness (QED) is 0.722. The maximum Gasteiger partial charge on any atom is 0.223 e. The molecule has 0 spiro atoms. The van der Waals surface area contributed by atoms with Gasteiger partial charge >= 0.3 is 0 Å². The van der Waals surface area contributed by atoms with Crippen LogP contribution in [-0.4, -0.2) is 10.9 Å².